The Balaban J connectivity index is 2.45. The van der Waals surface area contributed by atoms with Crippen LogP contribution in [0.4, 0.5) is 0 Å². The molecule has 0 saturated carbocycles. The molecule has 0 radical (unpaired) electrons. The first-order valence-corrected chi connectivity index (χ1v) is 5.10. The molecule has 0 unspecified atom stereocenters. The summed E-state index contributed by atoms with van der Waals surface area (Å²) in [4.78, 5) is 13.6. The first-order valence-electron chi connectivity index (χ1n) is 5.10. The summed E-state index contributed by atoms with van der Waals surface area (Å²) < 4.78 is 9.79. The topological polar surface area (TPSA) is 38.8 Å². The second-order valence-electron chi connectivity index (χ2n) is 3.56. The summed E-state index contributed by atoms with van der Waals surface area (Å²) in [6.07, 6.45) is 3.19. The minimum absolute atomic E-state index is 0.0519. The summed E-state index contributed by atoms with van der Waals surface area (Å²) in [5, 5.41) is 0. The number of ether oxygens (including phenoxy) is 2. The molecule has 1 heterocycles. The van der Waals surface area contributed by atoms with E-state index >= 15 is 0 Å². The molecular formula is C10H19NO3. The van der Waals surface area contributed by atoms with E-state index < -0.39 is 0 Å². The van der Waals surface area contributed by atoms with Crippen LogP contribution in [0.3, 0.4) is 0 Å². The average Bonchev–Trinajstić information content (AvgIpc) is 2.25. The van der Waals surface area contributed by atoms with Crippen molar-refractivity contribution in [2.24, 2.45) is 0 Å². The summed E-state index contributed by atoms with van der Waals surface area (Å²) in [5.74, 6) is -0.110. The molecule has 0 bridgehead atoms. The highest BCUT2D eigenvalue weighted by molar-refractivity contribution is 5.75. The van der Waals surface area contributed by atoms with Gasteiger partial charge in [-0.2, -0.15) is 0 Å². The molecule has 0 aromatic carbocycles. The van der Waals surface area contributed by atoms with E-state index in [1.807, 2.05) is 0 Å². The lowest BCUT2D eigenvalue weighted by atomic mass is 10.0. The Kier molecular flexibility index (Phi) is 4.90. The summed E-state index contributed by atoms with van der Waals surface area (Å²) >= 11 is 0. The monoisotopic (exact) mass is 201 g/mol. The Morgan fingerprint density at radius 3 is 2.86 bits per heavy atom. The van der Waals surface area contributed by atoms with Gasteiger partial charge in [0.2, 0.25) is 0 Å². The van der Waals surface area contributed by atoms with Gasteiger partial charge < -0.3 is 9.47 Å². The second kappa shape index (κ2) is 5.98. The number of hydrogen-bond acceptors (Lipinski definition) is 4. The van der Waals surface area contributed by atoms with Gasteiger partial charge in [-0.25, -0.2) is 0 Å². The van der Waals surface area contributed by atoms with Gasteiger partial charge in [-0.3, -0.25) is 9.69 Å². The van der Waals surface area contributed by atoms with Crippen molar-refractivity contribution in [2.45, 2.75) is 25.3 Å². The molecule has 0 amide bonds. The molecule has 1 aliphatic rings. The summed E-state index contributed by atoms with van der Waals surface area (Å²) in [6, 6.07) is -0.0519. The number of carbonyl (C=O) groups excluding carboxylic acids is 1. The van der Waals surface area contributed by atoms with Crippen molar-refractivity contribution in [1.29, 1.82) is 0 Å². The molecule has 0 aliphatic carbocycles. The Hall–Kier alpha value is -0.610. The van der Waals surface area contributed by atoms with Gasteiger partial charge >= 0.3 is 5.97 Å². The number of methoxy groups -OCH3 is 2. The van der Waals surface area contributed by atoms with Crippen LogP contribution in [0, 0.1) is 0 Å². The lowest BCUT2D eigenvalue weighted by molar-refractivity contribution is -0.148. The third-order valence-corrected chi connectivity index (χ3v) is 2.67. The van der Waals surface area contributed by atoms with Crippen LogP contribution in [0.25, 0.3) is 0 Å². The van der Waals surface area contributed by atoms with Gasteiger partial charge in [-0.15, -0.1) is 0 Å². The fourth-order valence-corrected chi connectivity index (χ4v) is 1.87. The maximum Gasteiger partial charge on any atom is 0.323 e. The van der Waals surface area contributed by atoms with Gasteiger partial charge in [0.05, 0.1) is 13.7 Å². The van der Waals surface area contributed by atoms with Crippen LogP contribution in [-0.2, 0) is 14.3 Å². The molecule has 82 valence electrons. The zero-order valence-electron chi connectivity index (χ0n) is 8.99. The standard InChI is InChI=1S/C10H19NO3/c1-13-8-7-11-6-4-3-5-9(11)10(12)14-2/h9H,3-8H2,1-2H3/t9-/m1/s1. The van der Waals surface area contributed by atoms with E-state index in [1.165, 1.54) is 7.11 Å². The average molecular weight is 201 g/mol. The molecule has 1 aliphatic heterocycles. The zero-order chi connectivity index (χ0) is 10.4. The van der Waals surface area contributed by atoms with Gasteiger partial charge in [0.25, 0.3) is 0 Å². The highest BCUT2D eigenvalue weighted by Gasteiger charge is 2.28. The van der Waals surface area contributed by atoms with Gasteiger partial charge in [0.15, 0.2) is 0 Å². The highest BCUT2D eigenvalue weighted by atomic mass is 16.5. The summed E-state index contributed by atoms with van der Waals surface area (Å²) in [7, 11) is 3.13. The smallest absolute Gasteiger partial charge is 0.323 e. The van der Waals surface area contributed by atoms with E-state index in [-0.39, 0.29) is 12.0 Å². The largest absolute Gasteiger partial charge is 0.468 e. The quantitative estimate of drug-likeness (QED) is 0.626. The molecular weight excluding hydrogens is 182 g/mol. The number of likely N-dealkylation sites (tertiary alicyclic amines) is 1. The number of nitrogens with zero attached hydrogens (tertiary/aromatic N) is 1. The Morgan fingerprint density at radius 2 is 2.21 bits per heavy atom. The van der Waals surface area contributed by atoms with Gasteiger partial charge in [-0.05, 0) is 19.4 Å². The summed E-state index contributed by atoms with van der Waals surface area (Å²) in [5.41, 5.74) is 0. The summed E-state index contributed by atoms with van der Waals surface area (Å²) in [6.45, 7) is 2.47. The van der Waals surface area contributed by atoms with Crippen molar-refractivity contribution < 1.29 is 14.3 Å². The Morgan fingerprint density at radius 1 is 1.43 bits per heavy atom. The number of esters is 1. The van der Waals surface area contributed by atoms with Crippen molar-refractivity contribution in [2.75, 3.05) is 33.9 Å². The molecule has 4 heteroatoms. The maximum absolute atomic E-state index is 11.4. The van der Waals surface area contributed by atoms with Gasteiger partial charge in [-0.1, -0.05) is 6.42 Å². The molecule has 0 aromatic rings. The fraction of sp³-hybridized carbons (Fsp3) is 0.900. The SMILES string of the molecule is COCCN1CCCC[C@@H]1C(=O)OC. The maximum atomic E-state index is 11.4. The minimum Gasteiger partial charge on any atom is -0.468 e. The zero-order valence-corrected chi connectivity index (χ0v) is 8.99. The Labute approximate surface area is 85.2 Å². The van der Waals surface area contributed by atoms with Crippen molar-refractivity contribution >= 4 is 5.97 Å². The van der Waals surface area contributed by atoms with Crippen LogP contribution in [-0.4, -0.2) is 50.8 Å². The third kappa shape index (κ3) is 2.96. The lowest BCUT2D eigenvalue weighted by Gasteiger charge is -2.33. The van der Waals surface area contributed by atoms with Crippen LogP contribution >= 0.6 is 0 Å². The normalized spacial score (nSPS) is 23.4. The molecule has 0 N–H and O–H groups in total. The van der Waals surface area contributed by atoms with Crippen molar-refractivity contribution in [3.63, 3.8) is 0 Å². The number of rotatable bonds is 4. The first-order chi connectivity index (χ1) is 6.79. The van der Waals surface area contributed by atoms with Crippen LogP contribution in [0.1, 0.15) is 19.3 Å². The van der Waals surface area contributed by atoms with Crippen molar-refractivity contribution in [1.82, 2.24) is 4.90 Å². The van der Waals surface area contributed by atoms with Crippen LogP contribution in [0.2, 0.25) is 0 Å². The lowest BCUT2D eigenvalue weighted by Crippen LogP contribution is -2.46. The van der Waals surface area contributed by atoms with E-state index in [1.54, 1.807) is 7.11 Å². The van der Waals surface area contributed by atoms with E-state index in [0.29, 0.717) is 6.61 Å². The highest BCUT2D eigenvalue weighted by Crippen LogP contribution is 2.17. The van der Waals surface area contributed by atoms with E-state index in [0.717, 1.165) is 32.4 Å². The fourth-order valence-electron chi connectivity index (χ4n) is 1.87. The van der Waals surface area contributed by atoms with Crippen molar-refractivity contribution in [3.05, 3.63) is 0 Å². The number of piperidine rings is 1. The first kappa shape index (κ1) is 11.5. The van der Waals surface area contributed by atoms with Crippen molar-refractivity contribution in [3.8, 4) is 0 Å². The number of carbonyl (C=O) groups is 1. The third-order valence-electron chi connectivity index (χ3n) is 2.67. The molecule has 1 fully saturated rings. The molecule has 4 nitrogen and oxygen atoms in total. The predicted molar refractivity (Wildman–Crippen MR) is 53.1 cm³/mol. The van der Waals surface area contributed by atoms with E-state index in [4.69, 9.17) is 9.47 Å². The second-order valence-corrected chi connectivity index (χ2v) is 3.56. The Bertz CT molecular complexity index is 184. The van der Waals surface area contributed by atoms with E-state index in [2.05, 4.69) is 4.90 Å². The molecule has 1 saturated heterocycles. The molecule has 0 aromatic heterocycles. The van der Waals surface area contributed by atoms with Crippen LogP contribution < -0.4 is 0 Å². The van der Waals surface area contributed by atoms with Crippen LogP contribution in [0.5, 0.6) is 0 Å². The number of hydrogen-bond donors (Lipinski definition) is 0. The minimum atomic E-state index is -0.110. The van der Waals surface area contributed by atoms with Crippen LogP contribution in [0.15, 0.2) is 0 Å². The van der Waals surface area contributed by atoms with Gasteiger partial charge in [0, 0.05) is 13.7 Å². The predicted octanol–water partition coefficient (Wildman–Crippen LogP) is 0.660. The molecule has 1 rings (SSSR count). The molecule has 14 heavy (non-hydrogen) atoms. The van der Waals surface area contributed by atoms with Gasteiger partial charge in [0.1, 0.15) is 6.04 Å². The molecule has 1 atom stereocenters. The van der Waals surface area contributed by atoms with E-state index in [9.17, 15) is 4.79 Å². The molecule has 0 spiro atoms.